The minimum atomic E-state index is 0.139. The van der Waals surface area contributed by atoms with Crippen LogP contribution < -0.4 is 15.2 Å². The van der Waals surface area contributed by atoms with E-state index in [1.807, 2.05) is 42.5 Å². The number of anilines is 1. The fourth-order valence-corrected chi connectivity index (χ4v) is 3.31. The van der Waals surface area contributed by atoms with E-state index in [1.54, 1.807) is 12.1 Å². The van der Waals surface area contributed by atoms with Crippen LogP contribution in [0.2, 0.25) is 5.02 Å². The van der Waals surface area contributed by atoms with Crippen LogP contribution in [0.1, 0.15) is 5.56 Å². The summed E-state index contributed by atoms with van der Waals surface area (Å²) in [4.78, 5) is 4.09. The summed E-state index contributed by atoms with van der Waals surface area (Å²) in [6.45, 7) is 0.254. The molecule has 1 aromatic heterocycles. The highest BCUT2D eigenvalue weighted by Crippen LogP contribution is 2.35. The van der Waals surface area contributed by atoms with Gasteiger partial charge in [-0.1, -0.05) is 29.8 Å². The van der Waals surface area contributed by atoms with E-state index in [0.717, 1.165) is 11.1 Å². The number of halogens is 2. The first kappa shape index (κ1) is 19.9. The van der Waals surface area contributed by atoms with Crippen molar-refractivity contribution in [1.29, 1.82) is 5.26 Å². The molecule has 0 aliphatic rings. The second-order valence-corrected chi connectivity index (χ2v) is 7.08. The van der Waals surface area contributed by atoms with Crippen molar-refractivity contribution < 1.29 is 13.9 Å². The number of oxazole rings is 1. The number of benzene rings is 3. The van der Waals surface area contributed by atoms with E-state index in [2.05, 4.69) is 11.1 Å². The Morgan fingerprint density at radius 3 is 2.53 bits per heavy atom. The summed E-state index contributed by atoms with van der Waals surface area (Å²) in [7, 11) is 0. The van der Waals surface area contributed by atoms with Crippen LogP contribution in [0.4, 0.5) is 6.01 Å². The van der Waals surface area contributed by atoms with Gasteiger partial charge in [-0.25, -0.2) is 0 Å². The van der Waals surface area contributed by atoms with E-state index in [4.69, 9.17) is 42.8 Å². The van der Waals surface area contributed by atoms with E-state index >= 15 is 0 Å². The number of alkyl halides is 1. The molecule has 150 valence electrons. The molecule has 3 aromatic carbocycles. The second kappa shape index (κ2) is 8.54. The van der Waals surface area contributed by atoms with Gasteiger partial charge in [-0.15, -0.1) is 11.6 Å². The van der Waals surface area contributed by atoms with Crippen molar-refractivity contribution in [3.63, 3.8) is 0 Å². The molecule has 4 aromatic rings. The van der Waals surface area contributed by atoms with Gasteiger partial charge in [-0.05, 0) is 35.4 Å². The zero-order valence-electron chi connectivity index (χ0n) is 15.6. The zero-order chi connectivity index (χ0) is 21.1. The predicted octanol–water partition coefficient (Wildman–Crippen LogP) is 6.01. The number of fused-ring (bicyclic) bond motifs is 1. The number of nitriles is 1. The van der Waals surface area contributed by atoms with Gasteiger partial charge >= 0.3 is 0 Å². The van der Waals surface area contributed by atoms with Crippen molar-refractivity contribution in [2.75, 3.05) is 18.2 Å². The molecule has 0 unspecified atom stereocenters. The van der Waals surface area contributed by atoms with Gasteiger partial charge in [0, 0.05) is 12.1 Å². The first-order valence-corrected chi connectivity index (χ1v) is 9.85. The smallest absolute Gasteiger partial charge is 0.292 e. The summed E-state index contributed by atoms with van der Waals surface area (Å²) in [5, 5.41) is 9.66. The van der Waals surface area contributed by atoms with Crippen LogP contribution in [-0.4, -0.2) is 17.5 Å². The Labute approximate surface area is 182 Å². The van der Waals surface area contributed by atoms with Gasteiger partial charge < -0.3 is 19.6 Å². The molecule has 0 fully saturated rings. The number of ether oxygens (including phenoxy) is 2. The minimum absolute atomic E-state index is 0.139. The molecule has 0 spiro atoms. The predicted molar refractivity (Wildman–Crippen MR) is 116 cm³/mol. The van der Waals surface area contributed by atoms with Crippen LogP contribution in [0.15, 0.2) is 59.0 Å². The zero-order valence-corrected chi connectivity index (χ0v) is 17.1. The molecule has 0 amide bonds. The molecular weight excluding hydrogens is 425 g/mol. The molecular formula is C22H15Cl2N3O3. The lowest BCUT2D eigenvalue weighted by Crippen LogP contribution is -2.01. The first-order valence-electron chi connectivity index (χ1n) is 8.94. The summed E-state index contributed by atoms with van der Waals surface area (Å²) < 4.78 is 16.7. The summed E-state index contributed by atoms with van der Waals surface area (Å²) in [5.74, 6) is 1.62. The Balaban J connectivity index is 1.55. The molecule has 0 bridgehead atoms. The normalized spacial score (nSPS) is 10.7. The maximum Gasteiger partial charge on any atom is 0.292 e. The highest BCUT2D eigenvalue weighted by molar-refractivity contribution is 6.32. The number of hydrogen-bond donors (Lipinski definition) is 1. The summed E-state index contributed by atoms with van der Waals surface area (Å²) in [6, 6.07) is 18.5. The molecule has 0 saturated heterocycles. The molecule has 4 rings (SSSR count). The third-order valence-electron chi connectivity index (χ3n) is 4.29. The van der Waals surface area contributed by atoms with Crippen LogP contribution in [0.3, 0.4) is 0 Å². The quantitative estimate of drug-likeness (QED) is 0.369. The highest BCUT2D eigenvalue weighted by Gasteiger charge is 2.13. The van der Waals surface area contributed by atoms with Gasteiger partial charge in [0.15, 0.2) is 11.3 Å². The number of hydrogen-bond acceptors (Lipinski definition) is 6. The van der Waals surface area contributed by atoms with Gasteiger partial charge in [0.25, 0.3) is 6.01 Å². The third-order valence-corrected chi connectivity index (χ3v) is 4.72. The monoisotopic (exact) mass is 439 g/mol. The fraction of sp³-hybridized carbons (Fsp3) is 0.0909. The van der Waals surface area contributed by atoms with Gasteiger partial charge in [0.05, 0.1) is 16.5 Å². The van der Waals surface area contributed by atoms with Crippen molar-refractivity contribution in [1.82, 2.24) is 4.98 Å². The Hall–Kier alpha value is -3.40. The molecule has 0 aliphatic carbocycles. The summed E-state index contributed by atoms with van der Waals surface area (Å²) in [6.07, 6.45) is 0. The Morgan fingerprint density at radius 1 is 1.03 bits per heavy atom. The van der Waals surface area contributed by atoms with Crippen molar-refractivity contribution in [3.05, 3.63) is 65.2 Å². The van der Waals surface area contributed by atoms with Crippen LogP contribution in [0.5, 0.6) is 17.2 Å². The van der Waals surface area contributed by atoms with Crippen LogP contribution in [0.25, 0.3) is 22.2 Å². The minimum Gasteiger partial charge on any atom is -0.489 e. The van der Waals surface area contributed by atoms with E-state index in [0.29, 0.717) is 34.2 Å². The topological polar surface area (TPSA) is 94.3 Å². The van der Waals surface area contributed by atoms with E-state index in [1.165, 1.54) is 0 Å². The summed E-state index contributed by atoms with van der Waals surface area (Å²) >= 11 is 11.9. The molecule has 1 heterocycles. The molecule has 6 nitrogen and oxygen atoms in total. The molecule has 30 heavy (non-hydrogen) atoms. The van der Waals surface area contributed by atoms with Crippen molar-refractivity contribution >= 4 is 40.3 Å². The van der Waals surface area contributed by atoms with E-state index in [9.17, 15) is 5.26 Å². The van der Waals surface area contributed by atoms with Crippen molar-refractivity contribution in [2.24, 2.45) is 0 Å². The lowest BCUT2D eigenvalue weighted by molar-refractivity contribution is 0.341. The van der Waals surface area contributed by atoms with Crippen molar-refractivity contribution in [2.45, 2.75) is 0 Å². The highest BCUT2D eigenvalue weighted by atomic mass is 35.5. The van der Waals surface area contributed by atoms with Crippen LogP contribution in [-0.2, 0) is 0 Å². The number of rotatable bonds is 6. The molecule has 0 radical (unpaired) electrons. The number of nitrogens with two attached hydrogens (primary N) is 1. The SMILES string of the molecule is N#Cc1cc(Oc2ccc(-c3ccc4nc(N)oc4c3)cc2)cc(Cl)c1OCCCl. The Kier molecular flexibility index (Phi) is 5.66. The van der Waals surface area contributed by atoms with E-state index < -0.39 is 0 Å². The number of nitrogens with zero attached hydrogens (tertiary/aromatic N) is 2. The lowest BCUT2D eigenvalue weighted by atomic mass is 10.1. The number of nitrogen functional groups attached to an aromatic ring is 1. The van der Waals surface area contributed by atoms with Crippen LogP contribution in [0, 0.1) is 11.3 Å². The standard InChI is InChI=1S/C22H15Cl2N3O3/c23-7-8-28-21-15(12-25)9-17(11-18(21)24)29-16-4-1-13(2-5-16)14-3-6-19-20(10-14)30-22(26)27-19/h1-6,9-11H,7-8H2,(H2,26,27). The average molecular weight is 440 g/mol. The second-order valence-electron chi connectivity index (χ2n) is 6.29. The Bertz CT molecular complexity index is 1250. The first-order chi connectivity index (χ1) is 14.6. The van der Waals surface area contributed by atoms with Gasteiger partial charge in [0.2, 0.25) is 0 Å². The molecule has 0 saturated carbocycles. The van der Waals surface area contributed by atoms with Crippen LogP contribution >= 0.6 is 23.2 Å². The maximum atomic E-state index is 9.37. The van der Waals surface area contributed by atoms with Gasteiger partial charge in [0.1, 0.15) is 29.7 Å². The number of aromatic nitrogens is 1. The average Bonchev–Trinajstić information content (AvgIpc) is 3.12. The lowest BCUT2D eigenvalue weighted by Gasteiger charge is -2.12. The molecule has 2 N–H and O–H groups in total. The van der Waals surface area contributed by atoms with Crippen molar-refractivity contribution in [3.8, 4) is 34.4 Å². The molecule has 8 heteroatoms. The molecule has 0 atom stereocenters. The Morgan fingerprint density at radius 2 is 1.80 bits per heavy atom. The summed E-state index contributed by atoms with van der Waals surface area (Å²) in [5.41, 5.74) is 9.14. The maximum absolute atomic E-state index is 9.37. The molecule has 0 aliphatic heterocycles. The van der Waals surface area contributed by atoms with Gasteiger partial charge in [-0.3, -0.25) is 0 Å². The van der Waals surface area contributed by atoms with E-state index in [-0.39, 0.29) is 23.2 Å². The third kappa shape index (κ3) is 4.13. The van der Waals surface area contributed by atoms with Gasteiger partial charge in [-0.2, -0.15) is 10.2 Å². The fourth-order valence-electron chi connectivity index (χ4n) is 2.97. The largest absolute Gasteiger partial charge is 0.489 e.